The summed E-state index contributed by atoms with van der Waals surface area (Å²) in [6, 6.07) is 0. The molecule has 2 aromatic rings. The number of imidazole rings is 1. The summed E-state index contributed by atoms with van der Waals surface area (Å²) in [4.78, 5) is 11.7. The van der Waals surface area contributed by atoms with Gasteiger partial charge >= 0.3 is 10.1 Å². The number of hydrogen-bond donors (Lipinski definition) is 1. The Labute approximate surface area is 116 Å². The van der Waals surface area contributed by atoms with E-state index in [0.29, 0.717) is 5.52 Å². The van der Waals surface area contributed by atoms with Crippen LogP contribution in [0, 0.1) is 5.92 Å². The molecule has 0 radical (unpaired) electrons. The van der Waals surface area contributed by atoms with Gasteiger partial charge in [0.15, 0.2) is 11.3 Å². The molecule has 0 atom stereocenters. The standard InChI is InChI=1S/C11H15N5O3S/c12-10-9-11(14-6-13-10)16(7-15-9)19-20(17,18)5-8-3-1-2-4-8/h6-8H,1-5H2,(H2,12,13,14). The lowest BCUT2D eigenvalue weighted by Crippen LogP contribution is -2.25. The second-order valence-electron chi connectivity index (χ2n) is 4.95. The monoisotopic (exact) mass is 297 g/mol. The molecule has 108 valence electrons. The number of nitrogen functional groups attached to an aromatic ring is 1. The molecular formula is C11H15N5O3S. The minimum Gasteiger partial charge on any atom is -0.382 e. The summed E-state index contributed by atoms with van der Waals surface area (Å²) in [7, 11) is -3.67. The first-order chi connectivity index (χ1) is 9.55. The lowest BCUT2D eigenvalue weighted by molar-refractivity contribution is 0.285. The van der Waals surface area contributed by atoms with Crippen LogP contribution in [0.2, 0.25) is 0 Å². The average Bonchev–Trinajstić information content (AvgIpc) is 3.00. The zero-order valence-corrected chi connectivity index (χ0v) is 11.6. The first kappa shape index (κ1) is 13.1. The Morgan fingerprint density at radius 3 is 2.80 bits per heavy atom. The number of nitrogens with two attached hydrogens (primary N) is 1. The van der Waals surface area contributed by atoms with Gasteiger partial charge < -0.3 is 5.73 Å². The van der Waals surface area contributed by atoms with E-state index < -0.39 is 10.1 Å². The number of fused-ring (bicyclic) bond motifs is 1. The van der Waals surface area contributed by atoms with E-state index in [2.05, 4.69) is 15.0 Å². The molecule has 0 unspecified atom stereocenters. The Hall–Kier alpha value is -1.90. The number of anilines is 1. The molecule has 1 aliphatic rings. The molecule has 0 aliphatic heterocycles. The van der Waals surface area contributed by atoms with Crippen molar-refractivity contribution in [2.45, 2.75) is 25.7 Å². The van der Waals surface area contributed by atoms with E-state index in [1.807, 2.05) is 0 Å². The van der Waals surface area contributed by atoms with E-state index in [0.717, 1.165) is 30.4 Å². The summed E-state index contributed by atoms with van der Waals surface area (Å²) in [6.45, 7) is 0. The molecule has 20 heavy (non-hydrogen) atoms. The third-order valence-corrected chi connectivity index (χ3v) is 4.71. The van der Waals surface area contributed by atoms with Gasteiger partial charge in [-0.05, 0) is 18.8 Å². The fourth-order valence-corrected chi connectivity index (χ4v) is 3.83. The molecule has 0 aromatic carbocycles. The van der Waals surface area contributed by atoms with Crippen molar-refractivity contribution < 1.29 is 12.7 Å². The summed E-state index contributed by atoms with van der Waals surface area (Å²) in [5.41, 5.74) is 6.20. The van der Waals surface area contributed by atoms with Crippen LogP contribution in [0.25, 0.3) is 11.2 Å². The van der Waals surface area contributed by atoms with Crippen LogP contribution in [0.15, 0.2) is 12.7 Å². The normalized spacial score (nSPS) is 16.8. The molecule has 2 N–H and O–H groups in total. The topological polar surface area (TPSA) is 113 Å². The third kappa shape index (κ3) is 2.53. The smallest absolute Gasteiger partial charge is 0.327 e. The summed E-state index contributed by atoms with van der Waals surface area (Å²) < 4.78 is 30.2. The quantitative estimate of drug-likeness (QED) is 0.866. The Bertz CT molecular complexity index is 721. The van der Waals surface area contributed by atoms with Gasteiger partial charge in [-0.3, -0.25) is 4.28 Å². The molecule has 0 amide bonds. The van der Waals surface area contributed by atoms with Crippen molar-refractivity contribution in [1.29, 1.82) is 0 Å². The van der Waals surface area contributed by atoms with Gasteiger partial charge in [0.1, 0.15) is 12.7 Å². The maximum Gasteiger partial charge on any atom is 0.327 e. The molecule has 2 heterocycles. The van der Waals surface area contributed by atoms with Gasteiger partial charge in [0.05, 0.1) is 5.75 Å². The van der Waals surface area contributed by atoms with Crippen LogP contribution < -0.4 is 10.0 Å². The maximum atomic E-state index is 12.0. The maximum absolute atomic E-state index is 12.0. The SMILES string of the molecule is Nc1ncnc2c1ncn2OS(=O)(=O)CC1CCCC1. The van der Waals surface area contributed by atoms with Crippen LogP contribution in [0.4, 0.5) is 5.82 Å². The van der Waals surface area contributed by atoms with Crippen LogP contribution in [0.5, 0.6) is 0 Å². The lowest BCUT2D eigenvalue weighted by Gasteiger charge is -2.10. The van der Waals surface area contributed by atoms with Crippen LogP contribution in [-0.4, -0.2) is 33.9 Å². The predicted molar refractivity (Wildman–Crippen MR) is 72.1 cm³/mol. The van der Waals surface area contributed by atoms with Crippen molar-refractivity contribution in [3.8, 4) is 0 Å². The highest BCUT2D eigenvalue weighted by Crippen LogP contribution is 2.26. The molecule has 1 fully saturated rings. The highest BCUT2D eigenvalue weighted by atomic mass is 32.2. The fraction of sp³-hybridized carbons (Fsp3) is 0.545. The molecule has 3 rings (SSSR count). The van der Waals surface area contributed by atoms with Crippen LogP contribution >= 0.6 is 0 Å². The predicted octanol–water partition coefficient (Wildman–Crippen LogP) is 0.357. The summed E-state index contributed by atoms with van der Waals surface area (Å²) in [5.74, 6) is 0.382. The molecule has 0 saturated heterocycles. The molecule has 8 nitrogen and oxygen atoms in total. The number of hydrogen-bond acceptors (Lipinski definition) is 7. The van der Waals surface area contributed by atoms with Gasteiger partial charge in [-0.25, -0.2) is 15.0 Å². The minimum absolute atomic E-state index is 0.0211. The molecule has 0 spiro atoms. The van der Waals surface area contributed by atoms with E-state index in [1.165, 1.54) is 12.7 Å². The molecule has 2 aromatic heterocycles. The van der Waals surface area contributed by atoms with Crippen molar-refractivity contribution in [2.24, 2.45) is 5.92 Å². The van der Waals surface area contributed by atoms with E-state index in [-0.39, 0.29) is 23.1 Å². The van der Waals surface area contributed by atoms with E-state index in [4.69, 9.17) is 10.0 Å². The van der Waals surface area contributed by atoms with Crippen LogP contribution in [0.3, 0.4) is 0 Å². The number of aromatic nitrogens is 4. The highest BCUT2D eigenvalue weighted by molar-refractivity contribution is 7.86. The Morgan fingerprint density at radius 1 is 1.30 bits per heavy atom. The first-order valence-corrected chi connectivity index (χ1v) is 7.99. The van der Waals surface area contributed by atoms with Crippen molar-refractivity contribution >= 4 is 27.1 Å². The highest BCUT2D eigenvalue weighted by Gasteiger charge is 2.25. The lowest BCUT2D eigenvalue weighted by atomic mass is 10.1. The van der Waals surface area contributed by atoms with E-state index in [9.17, 15) is 8.42 Å². The minimum atomic E-state index is -3.67. The summed E-state index contributed by atoms with van der Waals surface area (Å²) in [6.07, 6.45) is 6.51. The molecule has 9 heteroatoms. The zero-order chi connectivity index (χ0) is 14.2. The number of rotatable bonds is 4. The Balaban J connectivity index is 1.83. The van der Waals surface area contributed by atoms with Crippen LogP contribution in [0.1, 0.15) is 25.7 Å². The van der Waals surface area contributed by atoms with Crippen molar-refractivity contribution in [2.75, 3.05) is 11.5 Å². The van der Waals surface area contributed by atoms with E-state index >= 15 is 0 Å². The van der Waals surface area contributed by atoms with Gasteiger partial charge in [-0.2, -0.15) is 8.42 Å². The van der Waals surface area contributed by atoms with Gasteiger partial charge in [0.2, 0.25) is 5.65 Å². The Kier molecular flexibility index (Phi) is 3.20. The fourth-order valence-electron chi connectivity index (χ4n) is 2.51. The zero-order valence-electron chi connectivity index (χ0n) is 10.8. The van der Waals surface area contributed by atoms with Crippen molar-refractivity contribution in [3.63, 3.8) is 0 Å². The average molecular weight is 297 g/mol. The van der Waals surface area contributed by atoms with Gasteiger partial charge in [-0.15, -0.1) is 4.73 Å². The largest absolute Gasteiger partial charge is 0.382 e. The second-order valence-corrected chi connectivity index (χ2v) is 6.55. The molecule has 1 saturated carbocycles. The first-order valence-electron chi connectivity index (χ1n) is 6.41. The van der Waals surface area contributed by atoms with Crippen molar-refractivity contribution in [3.05, 3.63) is 12.7 Å². The molecule has 1 aliphatic carbocycles. The Morgan fingerprint density at radius 2 is 2.05 bits per heavy atom. The van der Waals surface area contributed by atoms with Gasteiger partial charge in [0, 0.05) is 0 Å². The third-order valence-electron chi connectivity index (χ3n) is 3.44. The molecule has 0 bridgehead atoms. The summed E-state index contributed by atoms with van der Waals surface area (Å²) >= 11 is 0. The molecular weight excluding hydrogens is 282 g/mol. The summed E-state index contributed by atoms with van der Waals surface area (Å²) in [5, 5.41) is 0. The van der Waals surface area contributed by atoms with Gasteiger partial charge in [0.25, 0.3) is 0 Å². The van der Waals surface area contributed by atoms with Crippen LogP contribution in [-0.2, 0) is 10.1 Å². The van der Waals surface area contributed by atoms with Crippen molar-refractivity contribution in [1.82, 2.24) is 19.7 Å². The van der Waals surface area contributed by atoms with E-state index in [1.54, 1.807) is 0 Å². The second kappa shape index (κ2) is 4.89. The van der Waals surface area contributed by atoms with Gasteiger partial charge in [-0.1, -0.05) is 12.8 Å². The number of nitrogens with zero attached hydrogens (tertiary/aromatic N) is 4.